The number of likely N-dealkylation sites (N-methyl/N-ethyl adjacent to an activating group) is 1. The fraction of sp³-hybridized carbons (Fsp3) is 0.807. The molecule has 3 atom stereocenters. The molecule has 0 aromatic heterocycles. The number of quaternary nitrogens is 1. The molecule has 8 nitrogen and oxygen atoms in total. The number of carbonyl (C=O) groups excluding carboxylic acids is 1. The molecule has 0 aromatic carbocycles. The van der Waals surface area contributed by atoms with Gasteiger partial charge in [-0.2, -0.15) is 0 Å². The predicted molar refractivity (Wildman–Crippen MR) is 284 cm³/mol. The van der Waals surface area contributed by atoms with E-state index < -0.39 is 20.0 Å². The maximum atomic E-state index is 12.8. The monoisotopic (exact) mass is 947 g/mol. The molecule has 0 heterocycles. The van der Waals surface area contributed by atoms with Crippen LogP contribution in [-0.2, 0) is 18.4 Å². The largest absolute Gasteiger partial charge is 0.756 e. The Morgan fingerprint density at radius 2 is 0.924 bits per heavy atom. The Balaban J connectivity index is 3.79. The summed E-state index contributed by atoms with van der Waals surface area (Å²) in [7, 11) is 1.26. The lowest BCUT2D eigenvalue weighted by atomic mass is 10.0. The van der Waals surface area contributed by atoms with Crippen molar-refractivity contribution < 1.29 is 32.9 Å². The molecule has 0 rings (SSSR count). The van der Waals surface area contributed by atoms with Crippen molar-refractivity contribution in [1.29, 1.82) is 0 Å². The summed E-state index contributed by atoms with van der Waals surface area (Å²) in [5.74, 6) is -0.200. The van der Waals surface area contributed by atoms with E-state index in [2.05, 4.69) is 67.8 Å². The first-order valence-corrected chi connectivity index (χ1v) is 29.1. The van der Waals surface area contributed by atoms with Crippen LogP contribution in [0.4, 0.5) is 0 Å². The molecule has 2 N–H and O–H groups in total. The van der Waals surface area contributed by atoms with Crippen LogP contribution in [0.15, 0.2) is 60.8 Å². The predicted octanol–water partition coefficient (Wildman–Crippen LogP) is 15.9. The quantitative estimate of drug-likeness (QED) is 0.0272. The number of hydrogen-bond acceptors (Lipinski definition) is 6. The molecule has 0 aliphatic heterocycles. The van der Waals surface area contributed by atoms with E-state index in [1.54, 1.807) is 6.08 Å². The number of aliphatic hydroxyl groups is 1. The average Bonchev–Trinajstić information content (AvgIpc) is 3.28. The lowest BCUT2D eigenvalue weighted by Gasteiger charge is -2.29. The minimum atomic E-state index is -4.58. The van der Waals surface area contributed by atoms with Crippen LogP contribution in [0.1, 0.15) is 245 Å². The summed E-state index contributed by atoms with van der Waals surface area (Å²) in [4.78, 5) is 25.3. The van der Waals surface area contributed by atoms with Crippen LogP contribution < -0.4 is 10.2 Å². The number of hydrogen-bond donors (Lipinski definition) is 2. The van der Waals surface area contributed by atoms with Crippen molar-refractivity contribution in [2.24, 2.45) is 0 Å². The Morgan fingerprint density at radius 1 is 0.545 bits per heavy atom. The SMILES string of the molecule is CC/C=C\C/C=C\C/C=C\C/C=C\CCCCCCCCCCCCCCCCCCCCCCCCCCC(=O)NC(COP(=O)([O-])OCC[N+](C)(C)C)C(O)/C=C/CCCCCCC. The number of phosphoric acid groups is 1. The Kier molecular flexibility index (Phi) is 46.9. The molecule has 1 amide bonds. The zero-order valence-corrected chi connectivity index (χ0v) is 44.8. The number of rotatable bonds is 50. The molecule has 0 bridgehead atoms. The van der Waals surface area contributed by atoms with Gasteiger partial charge in [-0.3, -0.25) is 9.36 Å². The van der Waals surface area contributed by atoms with Crippen molar-refractivity contribution in [1.82, 2.24) is 5.32 Å². The topological polar surface area (TPSA) is 108 Å². The highest BCUT2D eigenvalue weighted by atomic mass is 31.2. The molecule has 0 radical (unpaired) electrons. The van der Waals surface area contributed by atoms with E-state index in [4.69, 9.17) is 9.05 Å². The maximum absolute atomic E-state index is 12.8. The first kappa shape index (κ1) is 64.2. The second-order valence-corrected chi connectivity index (χ2v) is 21.3. The van der Waals surface area contributed by atoms with E-state index in [-0.39, 0.29) is 19.1 Å². The summed E-state index contributed by atoms with van der Waals surface area (Å²) in [6, 6.07) is -0.882. The number of nitrogens with one attached hydrogen (secondary N) is 1. The van der Waals surface area contributed by atoms with Crippen LogP contribution in [0.3, 0.4) is 0 Å². The van der Waals surface area contributed by atoms with Gasteiger partial charge in [0.05, 0.1) is 39.9 Å². The lowest BCUT2D eigenvalue weighted by molar-refractivity contribution is -0.870. The van der Waals surface area contributed by atoms with Gasteiger partial charge in [-0.1, -0.05) is 242 Å². The summed E-state index contributed by atoms with van der Waals surface area (Å²) in [6.07, 6.45) is 64.9. The molecule has 0 aliphatic carbocycles. The fourth-order valence-corrected chi connectivity index (χ4v) is 8.63. The molecule has 0 aromatic rings. The fourth-order valence-electron chi connectivity index (χ4n) is 7.91. The standard InChI is InChI=1S/C57H107N2O6P/c1-6-8-10-12-14-15-16-17-18-19-20-21-22-23-24-25-26-27-28-29-30-31-32-33-34-35-36-37-38-39-40-41-42-43-45-47-49-51-57(61)58-55(56(60)50-48-46-44-13-11-9-7-2)54-65-66(62,63)64-53-52-59(3,4)5/h8,10,14-15,17-18,20-21,48,50,55-56,60H,6-7,9,11-13,16,19,22-47,49,51-54H2,1-5H3,(H-,58,61,62,63)/b10-8-,15-14-,18-17-,21-20-,50-48+. The summed E-state index contributed by atoms with van der Waals surface area (Å²) < 4.78 is 23.1. The summed E-state index contributed by atoms with van der Waals surface area (Å²) in [5, 5.41) is 13.7. The van der Waals surface area contributed by atoms with Crippen molar-refractivity contribution in [2.45, 2.75) is 257 Å². The molecule has 0 saturated heterocycles. The van der Waals surface area contributed by atoms with E-state index >= 15 is 0 Å². The van der Waals surface area contributed by atoms with E-state index in [9.17, 15) is 19.4 Å². The molecule has 0 aliphatic rings. The van der Waals surface area contributed by atoms with E-state index in [1.807, 2.05) is 27.2 Å². The van der Waals surface area contributed by atoms with Gasteiger partial charge in [-0.25, -0.2) is 0 Å². The average molecular weight is 947 g/mol. The molecular weight excluding hydrogens is 840 g/mol. The third kappa shape index (κ3) is 50.1. The Bertz CT molecular complexity index is 1260. The lowest BCUT2D eigenvalue weighted by Crippen LogP contribution is -2.45. The van der Waals surface area contributed by atoms with Crippen LogP contribution in [0, 0.1) is 0 Å². The van der Waals surface area contributed by atoms with Gasteiger partial charge in [0.2, 0.25) is 5.91 Å². The highest BCUT2D eigenvalue weighted by Gasteiger charge is 2.23. The maximum Gasteiger partial charge on any atom is 0.268 e. The van der Waals surface area contributed by atoms with Crippen LogP contribution >= 0.6 is 7.82 Å². The zero-order chi connectivity index (χ0) is 48.5. The molecule has 0 fully saturated rings. The molecule has 9 heteroatoms. The molecule has 386 valence electrons. The molecular formula is C57H107N2O6P. The highest BCUT2D eigenvalue weighted by molar-refractivity contribution is 7.45. The molecule has 0 saturated carbocycles. The van der Waals surface area contributed by atoms with Crippen LogP contribution in [0.5, 0.6) is 0 Å². The minimum absolute atomic E-state index is 0.00100. The number of phosphoric ester groups is 1. The first-order valence-electron chi connectivity index (χ1n) is 27.7. The second kappa shape index (κ2) is 48.2. The number of carbonyl (C=O) groups is 1. The van der Waals surface area contributed by atoms with Gasteiger partial charge in [-0.15, -0.1) is 0 Å². The number of aliphatic hydroxyl groups excluding tert-OH is 1. The first-order chi connectivity index (χ1) is 32.0. The van der Waals surface area contributed by atoms with Crippen molar-refractivity contribution in [3.8, 4) is 0 Å². The van der Waals surface area contributed by atoms with Gasteiger partial charge >= 0.3 is 0 Å². The summed E-state index contributed by atoms with van der Waals surface area (Å²) >= 11 is 0. The Hall–Kier alpha value is -1.80. The van der Waals surface area contributed by atoms with E-state index in [0.29, 0.717) is 17.4 Å². The number of unbranched alkanes of at least 4 members (excludes halogenated alkanes) is 29. The zero-order valence-electron chi connectivity index (χ0n) is 43.9. The van der Waals surface area contributed by atoms with Crippen molar-refractivity contribution >= 4 is 13.7 Å². The molecule has 0 spiro atoms. The third-order valence-electron chi connectivity index (χ3n) is 12.2. The Labute approximate surface area is 409 Å². The van der Waals surface area contributed by atoms with Gasteiger partial charge in [-0.05, 0) is 57.8 Å². The summed E-state index contributed by atoms with van der Waals surface area (Å²) in [6.45, 7) is 4.48. The number of nitrogens with zero attached hydrogens (tertiary/aromatic N) is 1. The van der Waals surface area contributed by atoms with E-state index in [0.717, 1.165) is 64.2 Å². The van der Waals surface area contributed by atoms with Gasteiger partial charge in [0.15, 0.2) is 0 Å². The Morgan fingerprint density at radius 3 is 1.35 bits per heavy atom. The van der Waals surface area contributed by atoms with Crippen LogP contribution in [0.2, 0.25) is 0 Å². The van der Waals surface area contributed by atoms with Gasteiger partial charge < -0.3 is 28.8 Å². The van der Waals surface area contributed by atoms with Gasteiger partial charge in [0.25, 0.3) is 7.82 Å². The van der Waals surface area contributed by atoms with Gasteiger partial charge in [0, 0.05) is 6.42 Å². The van der Waals surface area contributed by atoms with Crippen LogP contribution in [0.25, 0.3) is 0 Å². The molecule has 3 unspecified atom stereocenters. The smallest absolute Gasteiger partial charge is 0.268 e. The van der Waals surface area contributed by atoms with Crippen LogP contribution in [-0.4, -0.2) is 68.5 Å². The summed E-state index contributed by atoms with van der Waals surface area (Å²) in [5.41, 5.74) is 0. The van der Waals surface area contributed by atoms with Gasteiger partial charge in [0.1, 0.15) is 13.2 Å². The third-order valence-corrected chi connectivity index (χ3v) is 13.2. The molecule has 66 heavy (non-hydrogen) atoms. The van der Waals surface area contributed by atoms with E-state index in [1.165, 1.54) is 161 Å². The second-order valence-electron chi connectivity index (χ2n) is 19.9. The minimum Gasteiger partial charge on any atom is -0.756 e. The number of amides is 1. The normalized spacial score (nSPS) is 14.5. The number of allylic oxidation sites excluding steroid dienone is 9. The van der Waals surface area contributed by atoms with Crippen molar-refractivity contribution in [3.05, 3.63) is 60.8 Å². The van der Waals surface area contributed by atoms with Crippen molar-refractivity contribution in [2.75, 3.05) is 40.9 Å². The highest BCUT2D eigenvalue weighted by Crippen LogP contribution is 2.38. The van der Waals surface area contributed by atoms with Crippen molar-refractivity contribution in [3.63, 3.8) is 0 Å².